The molecule has 0 bridgehead atoms. The summed E-state index contributed by atoms with van der Waals surface area (Å²) < 4.78 is 22.3. The van der Waals surface area contributed by atoms with E-state index >= 15 is 0 Å². The van der Waals surface area contributed by atoms with Crippen molar-refractivity contribution in [2.45, 2.75) is 75.8 Å². The molecule has 2 aliphatic rings. The number of nitrogens with zero attached hydrogens (tertiary/aromatic N) is 3. The van der Waals surface area contributed by atoms with Gasteiger partial charge in [-0.15, -0.1) is 0 Å². The fourth-order valence-electron chi connectivity index (χ4n) is 4.87. The van der Waals surface area contributed by atoms with Gasteiger partial charge in [-0.3, -0.25) is 9.48 Å². The van der Waals surface area contributed by atoms with E-state index in [9.17, 15) is 9.00 Å². The fraction of sp³-hybridized carbons (Fsp3) is 0.583. The van der Waals surface area contributed by atoms with Gasteiger partial charge in [0.1, 0.15) is 0 Å². The first-order valence-electron chi connectivity index (χ1n) is 11.9. The Hall–Kier alpha value is -2.03. The van der Waals surface area contributed by atoms with E-state index in [0.29, 0.717) is 16.6 Å². The summed E-state index contributed by atoms with van der Waals surface area (Å²) in [5.74, 6) is 0.109. The number of likely N-dealkylation sites (tertiary alicyclic amines) is 1. The second kappa shape index (κ2) is 10.7. The van der Waals surface area contributed by atoms with Crippen LogP contribution in [0, 0.1) is 0 Å². The maximum absolute atomic E-state index is 13.3. The number of amides is 1. The molecule has 0 spiro atoms. The third-order valence-corrected chi connectivity index (χ3v) is 7.27. The third-order valence-electron chi connectivity index (χ3n) is 6.60. The molecule has 1 saturated heterocycles. The number of carbonyl (C=O) groups excluding carboxylic acids is 1. The summed E-state index contributed by atoms with van der Waals surface area (Å²) in [5, 5.41) is 8.46. The predicted molar refractivity (Wildman–Crippen MR) is 125 cm³/mol. The molecule has 1 amide bonds. The summed E-state index contributed by atoms with van der Waals surface area (Å²) in [7, 11) is 0. The first kappa shape index (κ1) is 23.1. The zero-order valence-electron chi connectivity index (χ0n) is 18.9. The average Bonchev–Trinajstić information content (AvgIpc) is 3.17. The summed E-state index contributed by atoms with van der Waals surface area (Å²) >= 11 is -1.93. The molecule has 0 saturated carbocycles. The van der Waals surface area contributed by atoms with Gasteiger partial charge in [0.15, 0.2) is 16.8 Å². The SMILES string of the molecule is CCCn1nc(C(=O)N2CCCCC2)c2c1CCC(NCCc1ccc(S(=O)O)cc1)C2. The smallest absolute Gasteiger partial charge is 0.274 e. The summed E-state index contributed by atoms with van der Waals surface area (Å²) in [6.45, 7) is 5.54. The molecule has 7 nitrogen and oxygen atoms in total. The van der Waals surface area contributed by atoms with E-state index in [1.165, 1.54) is 12.1 Å². The molecule has 1 aliphatic heterocycles. The summed E-state index contributed by atoms with van der Waals surface area (Å²) in [6, 6.07) is 7.57. The van der Waals surface area contributed by atoms with Gasteiger partial charge in [-0.1, -0.05) is 19.1 Å². The van der Waals surface area contributed by atoms with Crippen LogP contribution >= 0.6 is 0 Å². The Bertz CT molecular complexity index is 951. The van der Waals surface area contributed by atoms with Gasteiger partial charge >= 0.3 is 0 Å². The third kappa shape index (κ3) is 5.30. The molecule has 1 aromatic carbocycles. The van der Waals surface area contributed by atoms with Crippen molar-refractivity contribution >= 4 is 17.0 Å². The van der Waals surface area contributed by atoms with Crippen LogP contribution in [-0.2, 0) is 36.9 Å². The Morgan fingerprint density at radius 1 is 1.22 bits per heavy atom. The van der Waals surface area contributed by atoms with E-state index in [1.807, 2.05) is 17.0 Å². The van der Waals surface area contributed by atoms with E-state index < -0.39 is 11.1 Å². The number of hydrogen-bond donors (Lipinski definition) is 2. The average molecular weight is 459 g/mol. The topological polar surface area (TPSA) is 87.5 Å². The van der Waals surface area contributed by atoms with Gasteiger partial charge in [-0.2, -0.15) is 5.10 Å². The lowest BCUT2D eigenvalue weighted by Gasteiger charge is -2.28. The van der Waals surface area contributed by atoms with Crippen LogP contribution in [0.3, 0.4) is 0 Å². The second-order valence-corrected chi connectivity index (χ2v) is 9.86. The Balaban J connectivity index is 1.41. The van der Waals surface area contributed by atoms with Gasteiger partial charge < -0.3 is 14.8 Å². The number of benzene rings is 1. The first-order valence-corrected chi connectivity index (χ1v) is 13.0. The number of nitrogens with one attached hydrogen (secondary N) is 1. The summed E-state index contributed by atoms with van der Waals surface area (Å²) in [6.07, 6.45) is 8.08. The van der Waals surface area contributed by atoms with E-state index in [2.05, 4.69) is 16.9 Å². The minimum Gasteiger partial charge on any atom is -0.337 e. The van der Waals surface area contributed by atoms with Gasteiger partial charge in [-0.05, 0) is 75.6 Å². The molecule has 8 heteroatoms. The van der Waals surface area contributed by atoms with Crippen molar-refractivity contribution in [3.05, 3.63) is 46.8 Å². The highest BCUT2D eigenvalue weighted by Crippen LogP contribution is 2.27. The van der Waals surface area contributed by atoms with Gasteiger partial charge in [0.2, 0.25) is 0 Å². The molecule has 174 valence electrons. The Morgan fingerprint density at radius 3 is 2.66 bits per heavy atom. The van der Waals surface area contributed by atoms with Crippen molar-refractivity contribution in [2.75, 3.05) is 19.6 Å². The predicted octanol–water partition coefficient (Wildman–Crippen LogP) is 3.19. The first-order chi connectivity index (χ1) is 15.6. The quantitative estimate of drug-likeness (QED) is 0.593. The van der Waals surface area contributed by atoms with Crippen LogP contribution in [0.2, 0.25) is 0 Å². The Labute approximate surface area is 192 Å². The summed E-state index contributed by atoms with van der Waals surface area (Å²) in [5.41, 5.74) is 4.21. The lowest BCUT2D eigenvalue weighted by Crippen LogP contribution is -2.38. The molecule has 2 unspecified atom stereocenters. The highest BCUT2D eigenvalue weighted by Gasteiger charge is 2.31. The van der Waals surface area contributed by atoms with Crippen molar-refractivity contribution in [1.82, 2.24) is 20.0 Å². The minimum absolute atomic E-state index is 0.109. The molecule has 2 N–H and O–H groups in total. The second-order valence-electron chi connectivity index (χ2n) is 8.89. The van der Waals surface area contributed by atoms with Crippen LogP contribution in [0.1, 0.15) is 66.3 Å². The number of fused-ring (bicyclic) bond motifs is 1. The molecular weight excluding hydrogens is 424 g/mol. The van der Waals surface area contributed by atoms with Crippen LogP contribution in [0.4, 0.5) is 0 Å². The number of aromatic nitrogens is 2. The van der Waals surface area contributed by atoms with E-state index in [4.69, 9.17) is 9.65 Å². The number of rotatable bonds is 8. The molecule has 1 fully saturated rings. The Morgan fingerprint density at radius 2 is 1.97 bits per heavy atom. The van der Waals surface area contributed by atoms with Gasteiger partial charge in [0.05, 0.1) is 4.90 Å². The monoisotopic (exact) mass is 458 g/mol. The highest BCUT2D eigenvalue weighted by molar-refractivity contribution is 7.79. The largest absolute Gasteiger partial charge is 0.337 e. The number of piperidine rings is 1. The van der Waals surface area contributed by atoms with Gasteiger partial charge in [0, 0.05) is 36.9 Å². The molecule has 0 radical (unpaired) electrons. The molecule has 1 aliphatic carbocycles. The van der Waals surface area contributed by atoms with Crippen LogP contribution in [-0.4, -0.2) is 55.0 Å². The zero-order chi connectivity index (χ0) is 22.5. The van der Waals surface area contributed by atoms with E-state index in [-0.39, 0.29) is 5.91 Å². The van der Waals surface area contributed by atoms with Gasteiger partial charge in [-0.25, -0.2) is 4.21 Å². The standard InChI is InChI=1S/C24H34N4O3S/c1-2-14-28-22-11-8-19(25-13-12-18-6-9-20(10-7-18)32(30)31)17-21(22)23(26-28)24(29)27-15-4-3-5-16-27/h6-7,9-10,19,25H,2-5,8,11-17H2,1H3,(H,30,31). The molecule has 2 aromatic rings. The van der Waals surface area contributed by atoms with E-state index in [0.717, 1.165) is 82.3 Å². The van der Waals surface area contributed by atoms with Crippen LogP contribution in [0.5, 0.6) is 0 Å². The van der Waals surface area contributed by atoms with E-state index in [1.54, 1.807) is 12.1 Å². The van der Waals surface area contributed by atoms with Crippen LogP contribution in [0.25, 0.3) is 0 Å². The maximum atomic E-state index is 13.3. The normalized spacial score (nSPS) is 19.6. The summed E-state index contributed by atoms with van der Waals surface area (Å²) in [4.78, 5) is 15.7. The van der Waals surface area contributed by atoms with Gasteiger partial charge in [0.25, 0.3) is 5.91 Å². The molecule has 2 atom stereocenters. The lowest BCUT2D eigenvalue weighted by molar-refractivity contribution is 0.0716. The molecule has 1 aromatic heterocycles. The fourth-order valence-corrected chi connectivity index (χ4v) is 5.24. The number of carbonyl (C=O) groups is 1. The minimum atomic E-state index is -1.93. The maximum Gasteiger partial charge on any atom is 0.274 e. The van der Waals surface area contributed by atoms with Crippen molar-refractivity contribution < 1.29 is 13.6 Å². The van der Waals surface area contributed by atoms with Crippen LogP contribution in [0.15, 0.2) is 29.2 Å². The Kier molecular flexibility index (Phi) is 7.75. The molecule has 4 rings (SSSR count). The van der Waals surface area contributed by atoms with Crippen molar-refractivity contribution in [3.63, 3.8) is 0 Å². The lowest BCUT2D eigenvalue weighted by atomic mass is 9.90. The molecule has 32 heavy (non-hydrogen) atoms. The van der Waals surface area contributed by atoms with Crippen molar-refractivity contribution in [2.24, 2.45) is 0 Å². The van der Waals surface area contributed by atoms with Crippen LogP contribution < -0.4 is 5.32 Å². The molecule has 2 heterocycles. The molecular formula is C24H34N4O3S. The van der Waals surface area contributed by atoms with Crippen molar-refractivity contribution in [3.8, 4) is 0 Å². The number of aryl methyl sites for hydroxylation is 1. The zero-order valence-corrected chi connectivity index (χ0v) is 19.7. The highest BCUT2D eigenvalue weighted by atomic mass is 32.2. The van der Waals surface area contributed by atoms with Crippen molar-refractivity contribution in [1.29, 1.82) is 0 Å². The number of hydrogen-bond acceptors (Lipinski definition) is 4.